The molecule has 0 fully saturated rings. The monoisotopic (exact) mass is 287 g/mol. The second kappa shape index (κ2) is 5.83. The van der Waals surface area contributed by atoms with Gasteiger partial charge in [0.2, 0.25) is 0 Å². The first-order valence-electron chi connectivity index (χ1n) is 6.63. The van der Waals surface area contributed by atoms with Crippen LogP contribution < -0.4 is 5.32 Å². The second-order valence-electron chi connectivity index (χ2n) is 5.15. The summed E-state index contributed by atoms with van der Waals surface area (Å²) < 4.78 is 5.25. The van der Waals surface area contributed by atoms with Crippen molar-refractivity contribution in [3.05, 3.63) is 53.0 Å². The summed E-state index contributed by atoms with van der Waals surface area (Å²) in [4.78, 5) is 23.2. The Morgan fingerprint density at radius 2 is 1.95 bits per heavy atom. The SMILES string of the molecule is Cc1cc(NC(=O)c2occc2C(C)C)ccc1C(=O)O. The maximum Gasteiger partial charge on any atom is 0.335 e. The Hall–Kier alpha value is -2.56. The fraction of sp³-hybridized carbons (Fsp3) is 0.250. The lowest BCUT2D eigenvalue weighted by Crippen LogP contribution is -2.14. The molecule has 5 nitrogen and oxygen atoms in total. The molecule has 110 valence electrons. The molecule has 5 heteroatoms. The number of benzene rings is 1. The van der Waals surface area contributed by atoms with Crippen LogP contribution in [0.4, 0.5) is 5.69 Å². The van der Waals surface area contributed by atoms with Gasteiger partial charge in [0.1, 0.15) is 0 Å². The summed E-state index contributed by atoms with van der Waals surface area (Å²) in [5.74, 6) is -0.865. The first-order valence-corrected chi connectivity index (χ1v) is 6.63. The summed E-state index contributed by atoms with van der Waals surface area (Å²) in [6.07, 6.45) is 1.49. The molecule has 2 rings (SSSR count). The minimum Gasteiger partial charge on any atom is -0.478 e. The number of carbonyl (C=O) groups is 2. The van der Waals surface area contributed by atoms with E-state index >= 15 is 0 Å². The van der Waals surface area contributed by atoms with Gasteiger partial charge in [-0.15, -0.1) is 0 Å². The van der Waals surface area contributed by atoms with Gasteiger partial charge in [-0.3, -0.25) is 4.79 Å². The smallest absolute Gasteiger partial charge is 0.335 e. The minimum atomic E-state index is -0.987. The van der Waals surface area contributed by atoms with Crippen LogP contribution in [-0.4, -0.2) is 17.0 Å². The molecule has 0 aliphatic carbocycles. The number of anilines is 1. The largest absolute Gasteiger partial charge is 0.478 e. The van der Waals surface area contributed by atoms with Crippen molar-refractivity contribution in [3.8, 4) is 0 Å². The van der Waals surface area contributed by atoms with E-state index in [-0.39, 0.29) is 23.1 Å². The summed E-state index contributed by atoms with van der Waals surface area (Å²) in [6.45, 7) is 5.65. The number of furan rings is 1. The van der Waals surface area contributed by atoms with Crippen molar-refractivity contribution in [1.82, 2.24) is 0 Å². The Kier molecular flexibility index (Phi) is 4.12. The summed E-state index contributed by atoms with van der Waals surface area (Å²) in [7, 11) is 0. The zero-order valence-electron chi connectivity index (χ0n) is 12.1. The van der Waals surface area contributed by atoms with E-state index in [9.17, 15) is 9.59 Å². The number of carbonyl (C=O) groups excluding carboxylic acids is 1. The Morgan fingerprint density at radius 3 is 2.52 bits per heavy atom. The maximum atomic E-state index is 12.2. The topological polar surface area (TPSA) is 79.5 Å². The first-order chi connectivity index (χ1) is 9.90. The molecule has 1 amide bonds. The Labute approximate surface area is 122 Å². The van der Waals surface area contributed by atoms with E-state index in [4.69, 9.17) is 9.52 Å². The number of aryl methyl sites for hydroxylation is 1. The highest BCUT2D eigenvalue weighted by atomic mass is 16.4. The molecule has 0 bridgehead atoms. The van der Waals surface area contributed by atoms with E-state index in [2.05, 4.69) is 5.32 Å². The molecule has 1 heterocycles. The molecule has 21 heavy (non-hydrogen) atoms. The van der Waals surface area contributed by atoms with Crippen LogP contribution in [-0.2, 0) is 0 Å². The van der Waals surface area contributed by atoms with Crippen molar-refractivity contribution in [1.29, 1.82) is 0 Å². The van der Waals surface area contributed by atoms with Gasteiger partial charge < -0.3 is 14.8 Å². The number of carboxylic acids is 1. The quantitative estimate of drug-likeness (QED) is 0.899. The molecular weight excluding hydrogens is 270 g/mol. The lowest BCUT2D eigenvalue weighted by molar-refractivity contribution is 0.0696. The van der Waals surface area contributed by atoms with Crippen LogP contribution in [0, 0.1) is 6.92 Å². The molecule has 0 radical (unpaired) electrons. The average Bonchev–Trinajstić information content (AvgIpc) is 2.87. The fourth-order valence-corrected chi connectivity index (χ4v) is 2.13. The molecule has 0 aliphatic heterocycles. The van der Waals surface area contributed by atoms with Crippen molar-refractivity contribution >= 4 is 17.6 Å². The van der Waals surface area contributed by atoms with Crippen molar-refractivity contribution < 1.29 is 19.1 Å². The molecule has 0 atom stereocenters. The van der Waals surface area contributed by atoms with Gasteiger partial charge in [0, 0.05) is 11.3 Å². The zero-order valence-corrected chi connectivity index (χ0v) is 12.1. The standard InChI is InChI=1S/C16H17NO4/c1-9(2)12-6-7-21-14(12)15(18)17-11-4-5-13(16(19)20)10(3)8-11/h4-9H,1-3H3,(H,17,18)(H,19,20). The Morgan fingerprint density at radius 1 is 1.24 bits per heavy atom. The van der Waals surface area contributed by atoms with Gasteiger partial charge in [0.15, 0.2) is 5.76 Å². The summed E-state index contributed by atoms with van der Waals surface area (Å²) in [5.41, 5.74) is 2.18. The molecule has 2 aromatic rings. The van der Waals surface area contributed by atoms with Gasteiger partial charge in [-0.2, -0.15) is 0 Å². The summed E-state index contributed by atoms with van der Waals surface area (Å²) >= 11 is 0. The number of rotatable bonds is 4. The van der Waals surface area contributed by atoms with Gasteiger partial charge in [-0.25, -0.2) is 4.79 Å². The predicted octanol–water partition coefficient (Wildman–Crippen LogP) is 3.66. The number of carboxylic acid groups (broad SMARTS) is 1. The molecule has 0 unspecified atom stereocenters. The van der Waals surface area contributed by atoms with E-state index in [1.54, 1.807) is 25.1 Å². The number of nitrogens with one attached hydrogen (secondary N) is 1. The van der Waals surface area contributed by atoms with Crippen molar-refractivity contribution in [2.24, 2.45) is 0 Å². The van der Waals surface area contributed by atoms with Gasteiger partial charge in [-0.05, 0) is 42.7 Å². The summed E-state index contributed by atoms with van der Waals surface area (Å²) in [6, 6.07) is 6.43. The Balaban J connectivity index is 2.22. The van der Waals surface area contributed by atoms with Crippen molar-refractivity contribution in [3.63, 3.8) is 0 Å². The lowest BCUT2D eigenvalue weighted by Gasteiger charge is -2.09. The number of amides is 1. The highest BCUT2D eigenvalue weighted by molar-refractivity contribution is 6.03. The molecule has 0 saturated carbocycles. The molecule has 0 aliphatic rings. The second-order valence-corrected chi connectivity index (χ2v) is 5.15. The van der Waals surface area contributed by atoms with E-state index in [0.29, 0.717) is 11.3 Å². The molecular formula is C16H17NO4. The molecule has 0 saturated heterocycles. The van der Waals surface area contributed by atoms with Crippen LogP contribution in [0.2, 0.25) is 0 Å². The third-order valence-corrected chi connectivity index (χ3v) is 3.24. The molecule has 1 aromatic carbocycles. The fourth-order valence-electron chi connectivity index (χ4n) is 2.13. The van der Waals surface area contributed by atoms with Gasteiger partial charge in [0.25, 0.3) is 5.91 Å². The average molecular weight is 287 g/mol. The highest BCUT2D eigenvalue weighted by Gasteiger charge is 2.18. The van der Waals surface area contributed by atoms with E-state index in [1.165, 1.54) is 12.3 Å². The van der Waals surface area contributed by atoms with Gasteiger partial charge >= 0.3 is 5.97 Å². The number of aromatic carboxylic acids is 1. The van der Waals surface area contributed by atoms with Crippen LogP contribution in [0.25, 0.3) is 0 Å². The van der Waals surface area contributed by atoms with E-state index in [1.807, 2.05) is 13.8 Å². The molecule has 2 N–H and O–H groups in total. The normalized spacial score (nSPS) is 10.7. The molecule has 0 spiro atoms. The van der Waals surface area contributed by atoms with E-state index in [0.717, 1.165) is 5.56 Å². The lowest BCUT2D eigenvalue weighted by atomic mass is 10.0. The van der Waals surface area contributed by atoms with Gasteiger partial charge in [0.05, 0.1) is 11.8 Å². The molecule has 1 aromatic heterocycles. The van der Waals surface area contributed by atoms with Crippen molar-refractivity contribution in [2.75, 3.05) is 5.32 Å². The third kappa shape index (κ3) is 3.13. The predicted molar refractivity (Wildman–Crippen MR) is 78.9 cm³/mol. The zero-order chi connectivity index (χ0) is 15.6. The maximum absolute atomic E-state index is 12.2. The third-order valence-electron chi connectivity index (χ3n) is 3.24. The minimum absolute atomic E-state index is 0.181. The van der Waals surface area contributed by atoms with Crippen LogP contribution in [0.1, 0.15) is 51.8 Å². The number of hydrogen-bond donors (Lipinski definition) is 2. The van der Waals surface area contributed by atoms with E-state index < -0.39 is 5.97 Å². The van der Waals surface area contributed by atoms with Gasteiger partial charge in [-0.1, -0.05) is 13.8 Å². The highest BCUT2D eigenvalue weighted by Crippen LogP contribution is 2.22. The van der Waals surface area contributed by atoms with Crippen LogP contribution in [0.3, 0.4) is 0 Å². The van der Waals surface area contributed by atoms with Crippen molar-refractivity contribution in [2.45, 2.75) is 26.7 Å². The van der Waals surface area contributed by atoms with Crippen LogP contribution in [0.15, 0.2) is 34.9 Å². The van der Waals surface area contributed by atoms with Crippen LogP contribution >= 0.6 is 0 Å². The first kappa shape index (κ1) is 14.8. The Bertz CT molecular complexity index is 685. The number of hydrogen-bond acceptors (Lipinski definition) is 3. The van der Waals surface area contributed by atoms with Crippen LogP contribution in [0.5, 0.6) is 0 Å². The summed E-state index contributed by atoms with van der Waals surface area (Å²) in [5, 5.41) is 11.7.